The van der Waals surface area contributed by atoms with E-state index in [2.05, 4.69) is 20.3 Å². The van der Waals surface area contributed by atoms with Crippen molar-refractivity contribution in [3.05, 3.63) is 101 Å². The fourth-order valence-corrected chi connectivity index (χ4v) is 4.92. The lowest BCUT2D eigenvalue weighted by Gasteiger charge is -2.33. The summed E-state index contributed by atoms with van der Waals surface area (Å²) in [5.41, 5.74) is 0.254. The number of thiocarbonyl (C=S) groups is 1. The van der Waals surface area contributed by atoms with Gasteiger partial charge in [0.1, 0.15) is 24.1 Å². The van der Waals surface area contributed by atoms with E-state index < -0.39 is 29.1 Å². The van der Waals surface area contributed by atoms with Gasteiger partial charge in [-0.3, -0.25) is 4.79 Å². The Bertz CT molecular complexity index is 1460. The molecule has 0 saturated carbocycles. The minimum atomic E-state index is -1.20. The van der Waals surface area contributed by atoms with Crippen LogP contribution in [0, 0.1) is 25.5 Å². The van der Waals surface area contributed by atoms with Crippen molar-refractivity contribution in [1.29, 1.82) is 0 Å². The van der Waals surface area contributed by atoms with Gasteiger partial charge in [0.15, 0.2) is 11.7 Å². The van der Waals surface area contributed by atoms with E-state index in [0.29, 0.717) is 22.7 Å². The summed E-state index contributed by atoms with van der Waals surface area (Å²) >= 11 is 5.51. The highest BCUT2D eigenvalue weighted by atomic mass is 32.1. The van der Waals surface area contributed by atoms with Crippen molar-refractivity contribution < 1.29 is 23.1 Å². The van der Waals surface area contributed by atoms with Crippen LogP contribution in [-0.4, -0.2) is 31.0 Å². The third kappa shape index (κ3) is 5.98. The van der Waals surface area contributed by atoms with E-state index >= 15 is 4.39 Å². The smallest absolute Gasteiger partial charge is 0.256 e. The molecule has 10 heteroatoms. The Morgan fingerprint density at radius 3 is 2.45 bits per heavy atom. The van der Waals surface area contributed by atoms with Gasteiger partial charge in [-0.1, -0.05) is 37.3 Å². The summed E-state index contributed by atoms with van der Waals surface area (Å²) in [5.74, 6) is -1.40. The van der Waals surface area contributed by atoms with Gasteiger partial charge in [-0.2, -0.15) is 0 Å². The number of benzene rings is 2. The molecule has 4 aromatic rings. The zero-order valence-electron chi connectivity index (χ0n) is 21.0. The number of rotatable bonds is 8. The number of aliphatic hydroxyl groups excluding tert-OH is 1. The first kappa shape index (κ1) is 27.2. The van der Waals surface area contributed by atoms with E-state index in [1.807, 2.05) is 0 Å². The minimum Gasteiger partial charge on any atom is -0.443 e. The molecule has 0 saturated heterocycles. The minimum absolute atomic E-state index is 0.0303. The molecule has 7 nitrogen and oxygen atoms in total. The van der Waals surface area contributed by atoms with Gasteiger partial charge >= 0.3 is 0 Å². The van der Waals surface area contributed by atoms with Crippen LogP contribution in [-0.2, 0) is 5.41 Å². The fraction of sp³-hybridized carbons (Fsp3) is 0.250. The predicted octanol–water partition coefficient (Wildman–Crippen LogP) is 5.56. The molecular formula is C28H26F2N4O3S. The molecule has 38 heavy (non-hydrogen) atoms. The average molecular weight is 537 g/mol. The zero-order valence-corrected chi connectivity index (χ0v) is 21.9. The lowest BCUT2D eigenvalue weighted by Crippen LogP contribution is -2.36. The maximum absolute atomic E-state index is 15.4. The molecule has 0 radical (unpaired) electrons. The fourth-order valence-electron chi connectivity index (χ4n) is 4.51. The number of hydrogen-bond donors (Lipinski definition) is 2. The zero-order chi connectivity index (χ0) is 27.4. The van der Waals surface area contributed by atoms with Crippen molar-refractivity contribution >= 4 is 23.1 Å². The quantitative estimate of drug-likeness (QED) is 0.285. The molecule has 2 atom stereocenters. The molecule has 4 rings (SSSR count). The Balaban J connectivity index is 1.73. The highest BCUT2D eigenvalue weighted by molar-refractivity contribution is 7.80. The van der Waals surface area contributed by atoms with Crippen LogP contribution in [0.3, 0.4) is 0 Å². The molecule has 2 aromatic heterocycles. The van der Waals surface area contributed by atoms with Crippen LogP contribution in [0.5, 0.6) is 0 Å². The van der Waals surface area contributed by atoms with Crippen LogP contribution in [0.15, 0.2) is 65.6 Å². The van der Waals surface area contributed by atoms with Gasteiger partial charge in [-0.05, 0) is 37.1 Å². The van der Waals surface area contributed by atoms with Crippen LogP contribution in [0.25, 0.3) is 11.1 Å². The maximum Gasteiger partial charge on any atom is 0.256 e. The molecule has 2 aromatic carbocycles. The maximum atomic E-state index is 15.4. The standard InChI is InChI=1S/C28H26F2N4O3S/c1-16-26(37-17(2)33-16)24(35)11-28(3,12-25(38)34-27(36)18-7-5-4-6-8-18)21-9-20(22(29)10-23(21)30)19-13-31-15-32-14-19/h4-10,13-15,24,35H,11-12H2,1-3H3,(H,34,36,38)/t24-,28-/m1/s1. The Kier molecular flexibility index (Phi) is 8.03. The van der Waals surface area contributed by atoms with Crippen molar-refractivity contribution in [2.45, 2.75) is 45.1 Å². The highest BCUT2D eigenvalue weighted by Crippen LogP contribution is 2.41. The van der Waals surface area contributed by atoms with Gasteiger partial charge in [0.2, 0.25) is 0 Å². The summed E-state index contributed by atoms with van der Waals surface area (Å²) in [6, 6.07) is 10.7. The number of nitrogens with one attached hydrogen (secondary N) is 1. The second-order valence-corrected chi connectivity index (χ2v) is 9.82. The van der Waals surface area contributed by atoms with Crippen LogP contribution in [0.4, 0.5) is 8.78 Å². The molecule has 0 fully saturated rings. The summed E-state index contributed by atoms with van der Waals surface area (Å²) < 4.78 is 35.9. The van der Waals surface area contributed by atoms with Crippen molar-refractivity contribution in [1.82, 2.24) is 20.3 Å². The summed E-state index contributed by atoms with van der Waals surface area (Å²) in [6.45, 7) is 5.05. The third-order valence-corrected chi connectivity index (χ3v) is 6.55. The lowest BCUT2D eigenvalue weighted by atomic mass is 9.73. The van der Waals surface area contributed by atoms with Crippen molar-refractivity contribution in [3.63, 3.8) is 0 Å². The van der Waals surface area contributed by atoms with E-state index in [4.69, 9.17) is 16.6 Å². The van der Waals surface area contributed by atoms with Gasteiger partial charge in [-0.15, -0.1) is 0 Å². The molecule has 1 amide bonds. The Morgan fingerprint density at radius 1 is 1.13 bits per heavy atom. The largest absolute Gasteiger partial charge is 0.443 e. The molecule has 0 aliphatic heterocycles. The summed E-state index contributed by atoms with van der Waals surface area (Å²) in [7, 11) is 0. The molecule has 0 spiro atoms. The average Bonchev–Trinajstić information content (AvgIpc) is 3.22. The second-order valence-electron chi connectivity index (χ2n) is 9.32. The second kappa shape index (κ2) is 11.2. The van der Waals surface area contributed by atoms with E-state index in [1.54, 1.807) is 51.1 Å². The normalized spacial score (nSPS) is 13.5. The van der Waals surface area contributed by atoms with Gasteiger partial charge in [0.25, 0.3) is 5.91 Å². The highest BCUT2D eigenvalue weighted by Gasteiger charge is 2.36. The first-order valence-electron chi connectivity index (χ1n) is 11.8. The van der Waals surface area contributed by atoms with Gasteiger partial charge in [0, 0.05) is 53.9 Å². The van der Waals surface area contributed by atoms with Crippen molar-refractivity contribution in [2.75, 3.05) is 0 Å². The van der Waals surface area contributed by atoms with Gasteiger partial charge < -0.3 is 14.8 Å². The number of oxazole rings is 1. The van der Waals surface area contributed by atoms with E-state index in [9.17, 15) is 14.3 Å². The lowest BCUT2D eigenvalue weighted by molar-refractivity contribution is 0.0975. The number of nitrogens with zero attached hydrogens (tertiary/aromatic N) is 3. The monoisotopic (exact) mass is 536 g/mol. The number of aromatic nitrogens is 3. The Morgan fingerprint density at radius 2 is 1.82 bits per heavy atom. The number of aliphatic hydroxyl groups is 1. The number of amides is 1. The molecular weight excluding hydrogens is 510 g/mol. The molecule has 0 unspecified atom stereocenters. The Labute approximate surface area is 224 Å². The van der Waals surface area contributed by atoms with E-state index in [1.165, 1.54) is 24.8 Å². The number of carbonyl (C=O) groups excluding carboxylic acids is 1. The number of aryl methyl sites for hydroxylation is 2. The van der Waals surface area contributed by atoms with Crippen molar-refractivity contribution in [3.8, 4) is 11.1 Å². The number of carbonyl (C=O) groups is 1. The Hall–Kier alpha value is -3.89. The molecule has 2 heterocycles. The molecule has 196 valence electrons. The van der Waals surface area contributed by atoms with Crippen LogP contribution in [0.2, 0.25) is 0 Å². The van der Waals surface area contributed by atoms with Crippen molar-refractivity contribution in [2.24, 2.45) is 0 Å². The van der Waals surface area contributed by atoms with E-state index in [0.717, 1.165) is 6.07 Å². The van der Waals surface area contributed by atoms with E-state index in [-0.39, 0.29) is 34.7 Å². The van der Waals surface area contributed by atoms with Gasteiger partial charge in [-0.25, -0.2) is 23.7 Å². The SMILES string of the molecule is Cc1nc(C)c([C@H](O)C[C@](C)(CC(=S)NC(=O)c2ccccc2)c2cc(-c3cncnc3)c(F)cc2F)o1. The molecule has 2 N–H and O–H groups in total. The summed E-state index contributed by atoms with van der Waals surface area (Å²) in [5, 5.41) is 13.8. The third-order valence-electron chi connectivity index (χ3n) is 6.30. The van der Waals surface area contributed by atoms with Crippen LogP contribution in [0.1, 0.15) is 59.1 Å². The molecule has 0 bridgehead atoms. The predicted molar refractivity (Wildman–Crippen MR) is 141 cm³/mol. The topological polar surface area (TPSA) is 101 Å². The van der Waals surface area contributed by atoms with Gasteiger partial charge in [0.05, 0.1) is 10.7 Å². The van der Waals surface area contributed by atoms with Crippen LogP contribution < -0.4 is 5.32 Å². The summed E-state index contributed by atoms with van der Waals surface area (Å²) in [6.07, 6.45) is 2.88. The molecule has 0 aliphatic carbocycles. The number of hydrogen-bond acceptors (Lipinski definition) is 7. The molecule has 0 aliphatic rings. The first-order valence-corrected chi connectivity index (χ1v) is 12.2. The first-order chi connectivity index (χ1) is 18.1. The van der Waals surface area contributed by atoms with Crippen LogP contribution >= 0.6 is 12.2 Å². The summed E-state index contributed by atoms with van der Waals surface area (Å²) in [4.78, 5) is 24.9. The number of halogens is 2.